The molecule has 0 aliphatic carbocycles. The van der Waals surface area contributed by atoms with Crippen LogP contribution in [-0.2, 0) is 23.6 Å². The van der Waals surface area contributed by atoms with Crippen LogP contribution in [0.4, 0.5) is 11.5 Å². The molecular formula is C14H20N6O4. The molecule has 0 aromatic carbocycles. The van der Waals surface area contributed by atoms with Crippen molar-refractivity contribution in [2.24, 2.45) is 24.3 Å². The quantitative estimate of drug-likeness (QED) is 0.829. The Morgan fingerprint density at radius 2 is 1.92 bits per heavy atom. The van der Waals surface area contributed by atoms with E-state index in [-0.39, 0.29) is 23.8 Å². The zero-order valence-electron chi connectivity index (χ0n) is 14.1. The highest BCUT2D eigenvalue weighted by molar-refractivity contribution is 5.47. The Balaban J connectivity index is 1.99. The van der Waals surface area contributed by atoms with Crippen molar-refractivity contribution in [2.45, 2.75) is 39.3 Å². The maximum atomic E-state index is 12.0. The van der Waals surface area contributed by atoms with Crippen molar-refractivity contribution in [3.05, 3.63) is 21.6 Å². The fourth-order valence-electron chi connectivity index (χ4n) is 2.47. The first-order chi connectivity index (χ1) is 11.3. The highest BCUT2D eigenvalue weighted by atomic mass is 16.9. The average Bonchev–Trinajstić information content (AvgIpc) is 3.00. The number of hydrogen-bond acceptors (Lipinski definition) is 7. The molecule has 10 heteroatoms. The highest BCUT2D eigenvalue weighted by Gasteiger charge is 2.35. The number of nitrogens with one attached hydrogen (secondary N) is 1. The van der Waals surface area contributed by atoms with Crippen molar-refractivity contribution in [1.29, 1.82) is 0 Å². The third-order valence-corrected chi connectivity index (χ3v) is 3.94. The van der Waals surface area contributed by atoms with Crippen molar-refractivity contribution in [3.63, 3.8) is 0 Å². The summed E-state index contributed by atoms with van der Waals surface area (Å²) in [5.74, 6) is 0.198. The van der Waals surface area contributed by atoms with E-state index in [1.807, 2.05) is 13.8 Å². The third kappa shape index (κ3) is 2.53. The fraction of sp³-hybridized carbons (Fsp3) is 0.571. The van der Waals surface area contributed by atoms with Crippen LogP contribution in [0.2, 0.25) is 0 Å². The number of aromatic nitrogens is 4. The Hall–Kier alpha value is -2.46. The van der Waals surface area contributed by atoms with E-state index in [1.165, 1.54) is 16.4 Å². The Labute approximate surface area is 137 Å². The summed E-state index contributed by atoms with van der Waals surface area (Å²) in [6, 6.07) is 0. The first kappa shape index (κ1) is 16.4. The first-order valence-electron chi connectivity index (χ1n) is 7.57. The van der Waals surface area contributed by atoms with E-state index in [1.54, 1.807) is 14.0 Å². The Kier molecular flexibility index (Phi) is 4.01. The van der Waals surface area contributed by atoms with Gasteiger partial charge in [-0.05, 0) is 12.8 Å². The van der Waals surface area contributed by atoms with Crippen LogP contribution in [0.5, 0.6) is 5.88 Å². The van der Waals surface area contributed by atoms with E-state index in [2.05, 4.69) is 20.4 Å². The topological polar surface area (TPSA) is 119 Å². The zero-order valence-corrected chi connectivity index (χ0v) is 14.1. The lowest BCUT2D eigenvalue weighted by Crippen LogP contribution is -2.32. The van der Waals surface area contributed by atoms with Gasteiger partial charge in [0.1, 0.15) is 0 Å². The fourth-order valence-corrected chi connectivity index (χ4v) is 2.47. The number of azo groups is 1. The van der Waals surface area contributed by atoms with E-state index in [0.29, 0.717) is 11.4 Å². The molecule has 0 amide bonds. The van der Waals surface area contributed by atoms with Gasteiger partial charge >= 0.3 is 0 Å². The summed E-state index contributed by atoms with van der Waals surface area (Å²) in [6.07, 6.45) is -0.863. The van der Waals surface area contributed by atoms with Crippen molar-refractivity contribution in [2.75, 3.05) is 0 Å². The molecule has 130 valence electrons. The minimum absolute atomic E-state index is 0.126. The van der Waals surface area contributed by atoms with Gasteiger partial charge in [-0.3, -0.25) is 14.6 Å². The smallest absolute Gasteiger partial charge is 0.298 e. The summed E-state index contributed by atoms with van der Waals surface area (Å²) >= 11 is 0. The molecule has 0 saturated carbocycles. The predicted octanol–water partition coefficient (Wildman–Crippen LogP) is 2.08. The van der Waals surface area contributed by atoms with Crippen molar-refractivity contribution < 1.29 is 14.6 Å². The molecule has 0 spiro atoms. The van der Waals surface area contributed by atoms with Crippen molar-refractivity contribution >= 4 is 11.5 Å². The number of hydrogen-bond donors (Lipinski definition) is 2. The molecule has 1 fully saturated rings. The van der Waals surface area contributed by atoms with Crippen LogP contribution in [0.25, 0.3) is 0 Å². The van der Waals surface area contributed by atoms with Crippen LogP contribution in [-0.4, -0.2) is 31.0 Å². The standard InChI is InChI=1S/C14H20N6O4/c1-6(2)9-8(14-23-7(3)24-14)11(17-15-9)18-16-10-12(21)19(4)20(5)13(10)22/h6-7,14,21H,1-5H3,(H,15,17)/b18-16+. The Morgan fingerprint density at radius 1 is 1.25 bits per heavy atom. The Morgan fingerprint density at radius 3 is 2.42 bits per heavy atom. The molecule has 2 aromatic heterocycles. The summed E-state index contributed by atoms with van der Waals surface area (Å²) < 4.78 is 13.6. The number of nitrogens with zero attached hydrogens (tertiary/aromatic N) is 5. The molecule has 2 N–H and O–H groups in total. The Bertz CT molecular complexity index is 840. The molecule has 24 heavy (non-hydrogen) atoms. The van der Waals surface area contributed by atoms with Crippen LogP contribution in [0.3, 0.4) is 0 Å². The van der Waals surface area contributed by atoms with Crippen LogP contribution in [0.15, 0.2) is 15.0 Å². The van der Waals surface area contributed by atoms with Crippen LogP contribution < -0.4 is 5.56 Å². The first-order valence-corrected chi connectivity index (χ1v) is 7.57. The number of ether oxygens (including phenoxy) is 2. The second-order valence-electron chi connectivity index (χ2n) is 5.92. The molecule has 10 nitrogen and oxygen atoms in total. The molecule has 0 bridgehead atoms. The average molecular weight is 336 g/mol. The third-order valence-electron chi connectivity index (χ3n) is 3.94. The van der Waals surface area contributed by atoms with Gasteiger partial charge in [-0.1, -0.05) is 13.8 Å². The summed E-state index contributed by atoms with van der Waals surface area (Å²) in [5.41, 5.74) is 0.814. The second-order valence-corrected chi connectivity index (χ2v) is 5.92. The summed E-state index contributed by atoms with van der Waals surface area (Å²) in [7, 11) is 3.07. The molecule has 1 aliphatic rings. The largest absolute Gasteiger partial charge is 0.492 e. The molecule has 3 rings (SSSR count). The number of aromatic hydroxyl groups is 1. The van der Waals surface area contributed by atoms with E-state index in [0.717, 1.165) is 5.69 Å². The minimum Gasteiger partial charge on any atom is -0.492 e. The van der Waals surface area contributed by atoms with E-state index in [4.69, 9.17) is 9.47 Å². The van der Waals surface area contributed by atoms with Crippen LogP contribution in [0, 0.1) is 0 Å². The highest BCUT2D eigenvalue weighted by Crippen LogP contribution is 2.40. The van der Waals surface area contributed by atoms with E-state index < -0.39 is 11.8 Å². The lowest BCUT2D eigenvalue weighted by Gasteiger charge is -2.34. The lowest BCUT2D eigenvalue weighted by atomic mass is 10.0. The van der Waals surface area contributed by atoms with Gasteiger partial charge in [0.2, 0.25) is 11.6 Å². The van der Waals surface area contributed by atoms with Gasteiger partial charge < -0.3 is 14.6 Å². The van der Waals surface area contributed by atoms with Gasteiger partial charge in [0.25, 0.3) is 5.56 Å². The maximum Gasteiger partial charge on any atom is 0.298 e. The van der Waals surface area contributed by atoms with Crippen LogP contribution in [0.1, 0.15) is 44.2 Å². The van der Waals surface area contributed by atoms with Gasteiger partial charge in [-0.15, -0.1) is 10.2 Å². The summed E-state index contributed by atoms with van der Waals surface area (Å²) in [5, 5.41) is 24.9. The molecular weight excluding hydrogens is 316 g/mol. The molecule has 1 aliphatic heterocycles. The van der Waals surface area contributed by atoms with Gasteiger partial charge in [0.05, 0.1) is 11.3 Å². The summed E-state index contributed by atoms with van der Waals surface area (Å²) in [6.45, 7) is 5.77. The number of aromatic amines is 1. The zero-order chi connectivity index (χ0) is 17.6. The van der Waals surface area contributed by atoms with Gasteiger partial charge in [-0.2, -0.15) is 5.10 Å². The van der Waals surface area contributed by atoms with Gasteiger partial charge in [0, 0.05) is 14.1 Å². The van der Waals surface area contributed by atoms with Crippen molar-refractivity contribution in [1.82, 2.24) is 19.6 Å². The van der Waals surface area contributed by atoms with E-state index >= 15 is 0 Å². The molecule has 0 unspecified atom stereocenters. The van der Waals surface area contributed by atoms with Crippen molar-refractivity contribution in [3.8, 4) is 5.88 Å². The van der Waals surface area contributed by atoms with Crippen LogP contribution >= 0.6 is 0 Å². The molecule has 1 saturated heterocycles. The minimum atomic E-state index is -0.572. The molecule has 2 aromatic rings. The molecule has 0 atom stereocenters. The monoisotopic (exact) mass is 336 g/mol. The number of H-pyrrole nitrogens is 1. The number of rotatable bonds is 4. The normalized spacial score (nSPS) is 20.9. The SMILES string of the molecule is CC1OC(c2c(C(C)C)n[nH]c2/N=N/c2c(O)n(C)n(C)c2=O)O1. The lowest BCUT2D eigenvalue weighted by molar-refractivity contribution is -0.382. The second kappa shape index (κ2) is 5.87. The maximum absolute atomic E-state index is 12.0. The van der Waals surface area contributed by atoms with E-state index in [9.17, 15) is 9.90 Å². The molecule has 0 radical (unpaired) electrons. The predicted molar refractivity (Wildman–Crippen MR) is 83.5 cm³/mol. The molecule has 3 heterocycles. The summed E-state index contributed by atoms with van der Waals surface area (Å²) in [4.78, 5) is 12.0. The van der Waals surface area contributed by atoms with Gasteiger partial charge in [-0.25, -0.2) is 4.68 Å². The van der Waals surface area contributed by atoms with Gasteiger partial charge in [0.15, 0.2) is 18.4 Å².